The number of thiophene rings is 1. The number of halogens is 1. The minimum atomic E-state index is -0.881. The molecule has 2 aromatic heterocycles. The van der Waals surface area contributed by atoms with Crippen LogP contribution < -0.4 is 15.0 Å². The van der Waals surface area contributed by atoms with Crippen molar-refractivity contribution in [3.05, 3.63) is 59.2 Å². The summed E-state index contributed by atoms with van der Waals surface area (Å²) in [5.41, 5.74) is 0.433. The van der Waals surface area contributed by atoms with E-state index in [0.29, 0.717) is 10.6 Å². The molecule has 0 radical (unpaired) electrons. The molecular formula is C27H32FN5O4S. The van der Waals surface area contributed by atoms with Crippen molar-refractivity contribution < 1.29 is 23.5 Å². The lowest BCUT2D eigenvalue weighted by Crippen LogP contribution is -2.54. The Labute approximate surface area is 225 Å². The minimum absolute atomic E-state index is 0.0449. The van der Waals surface area contributed by atoms with Gasteiger partial charge in [-0.1, -0.05) is 11.3 Å². The first kappa shape index (κ1) is 27.3. The molecule has 0 fully saturated rings. The number of hydrogen-bond donors (Lipinski definition) is 1. The number of carbonyl (C=O) groups excluding carboxylic acids is 3. The van der Waals surface area contributed by atoms with Crippen molar-refractivity contribution in [3.8, 4) is 10.8 Å². The number of carbonyl (C=O) groups is 3. The number of benzene rings is 1. The third-order valence-corrected chi connectivity index (χ3v) is 7.70. The van der Waals surface area contributed by atoms with Crippen LogP contribution in [0, 0.1) is 18.2 Å². The number of ketones is 1. The Morgan fingerprint density at radius 2 is 1.97 bits per heavy atom. The summed E-state index contributed by atoms with van der Waals surface area (Å²) in [6.07, 6.45) is 3.44. The number of nitrogens with one attached hydrogen (secondary N) is 1. The lowest BCUT2D eigenvalue weighted by Gasteiger charge is -2.39. The summed E-state index contributed by atoms with van der Waals surface area (Å²) in [6.45, 7) is 9.30. The van der Waals surface area contributed by atoms with Gasteiger partial charge in [0.1, 0.15) is 21.6 Å². The second kappa shape index (κ2) is 10.6. The smallest absolute Gasteiger partial charge is 0.258 e. The molecule has 1 aliphatic rings. The second-order valence-electron chi connectivity index (χ2n) is 10.3. The molecule has 3 heterocycles. The predicted octanol–water partition coefficient (Wildman–Crippen LogP) is 4.04. The molecule has 0 unspecified atom stereocenters. The van der Waals surface area contributed by atoms with Crippen LogP contribution in [-0.2, 0) is 4.79 Å². The van der Waals surface area contributed by atoms with E-state index >= 15 is 0 Å². The van der Waals surface area contributed by atoms with Crippen LogP contribution in [0.2, 0.25) is 0 Å². The molecule has 0 atom stereocenters. The number of amides is 2. The highest BCUT2D eigenvalue weighted by atomic mass is 32.1. The van der Waals surface area contributed by atoms with Crippen molar-refractivity contribution in [1.82, 2.24) is 20.0 Å². The first-order valence-corrected chi connectivity index (χ1v) is 13.1. The van der Waals surface area contributed by atoms with E-state index in [4.69, 9.17) is 4.74 Å². The number of hydrogen-bond acceptors (Lipinski definition) is 7. The fourth-order valence-electron chi connectivity index (χ4n) is 4.47. The zero-order chi connectivity index (χ0) is 27.8. The SMILES string of the molecule is COc1ccc(F)cc1C(=O)CN1CN(CC(C)(C)C(=O)NC(C)C)C(=O)c2c1sc(-n1cccn1)c2C. The van der Waals surface area contributed by atoms with E-state index in [1.165, 1.54) is 30.6 Å². The highest BCUT2D eigenvalue weighted by molar-refractivity contribution is 7.19. The van der Waals surface area contributed by atoms with Gasteiger partial charge in [0, 0.05) is 30.5 Å². The Morgan fingerprint density at radius 1 is 1.24 bits per heavy atom. The number of ether oxygens (including phenoxy) is 1. The summed E-state index contributed by atoms with van der Waals surface area (Å²) in [4.78, 5) is 43.5. The molecule has 38 heavy (non-hydrogen) atoms. The van der Waals surface area contributed by atoms with Gasteiger partial charge in [0.05, 0.1) is 36.9 Å². The monoisotopic (exact) mass is 541 g/mol. The average molecular weight is 542 g/mol. The fourth-order valence-corrected chi connectivity index (χ4v) is 5.70. The number of fused-ring (bicyclic) bond motifs is 1. The van der Waals surface area contributed by atoms with E-state index < -0.39 is 11.2 Å². The van der Waals surface area contributed by atoms with Crippen molar-refractivity contribution in [1.29, 1.82) is 0 Å². The Balaban J connectivity index is 1.73. The molecule has 1 N–H and O–H groups in total. The third-order valence-electron chi connectivity index (χ3n) is 6.36. The standard InChI is InChI=1S/C27H32FN5O4S/c1-16(2)30-26(36)27(4,5)14-32-15-31(13-20(34)19-12-18(28)8-9-21(19)37-6)25-22(23(32)35)17(3)24(38-25)33-11-7-10-29-33/h7-12,16H,13-15H2,1-6H3,(H,30,36). The summed E-state index contributed by atoms with van der Waals surface area (Å²) in [7, 11) is 1.42. The van der Waals surface area contributed by atoms with Gasteiger partial charge in [0.25, 0.3) is 5.91 Å². The highest BCUT2D eigenvalue weighted by Crippen LogP contribution is 2.42. The zero-order valence-corrected chi connectivity index (χ0v) is 23.2. The first-order valence-electron chi connectivity index (χ1n) is 12.3. The summed E-state index contributed by atoms with van der Waals surface area (Å²) in [6, 6.07) is 5.55. The van der Waals surface area contributed by atoms with Gasteiger partial charge in [0.15, 0.2) is 5.78 Å². The van der Waals surface area contributed by atoms with Crippen molar-refractivity contribution in [2.24, 2.45) is 5.41 Å². The second-order valence-corrected chi connectivity index (χ2v) is 11.3. The molecule has 2 amide bonds. The number of anilines is 1. The maximum Gasteiger partial charge on any atom is 0.258 e. The largest absolute Gasteiger partial charge is 0.496 e. The van der Waals surface area contributed by atoms with Gasteiger partial charge < -0.3 is 19.9 Å². The van der Waals surface area contributed by atoms with Gasteiger partial charge in [0.2, 0.25) is 5.91 Å². The lowest BCUT2D eigenvalue weighted by molar-refractivity contribution is -0.130. The van der Waals surface area contributed by atoms with Gasteiger partial charge in [-0.2, -0.15) is 5.10 Å². The van der Waals surface area contributed by atoms with E-state index in [0.717, 1.165) is 16.6 Å². The van der Waals surface area contributed by atoms with Crippen molar-refractivity contribution in [3.63, 3.8) is 0 Å². The minimum Gasteiger partial charge on any atom is -0.496 e. The number of methoxy groups -OCH3 is 1. The van der Waals surface area contributed by atoms with Gasteiger partial charge in [-0.3, -0.25) is 14.4 Å². The first-order chi connectivity index (χ1) is 17.9. The van der Waals surface area contributed by atoms with Gasteiger partial charge >= 0.3 is 0 Å². The normalized spacial score (nSPS) is 13.6. The topological polar surface area (TPSA) is 96.8 Å². The van der Waals surface area contributed by atoms with Crippen LogP contribution in [0.5, 0.6) is 5.75 Å². The quantitative estimate of drug-likeness (QED) is 0.411. The summed E-state index contributed by atoms with van der Waals surface area (Å²) < 4.78 is 21.0. The Kier molecular flexibility index (Phi) is 7.59. The molecule has 11 heteroatoms. The van der Waals surface area contributed by atoms with Crippen LogP contribution in [0.3, 0.4) is 0 Å². The van der Waals surface area contributed by atoms with E-state index in [1.54, 1.807) is 46.8 Å². The molecule has 1 aromatic carbocycles. The van der Waals surface area contributed by atoms with Crippen LogP contribution >= 0.6 is 11.3 Å². The number of nitrogens with zero attached hydrogens (tertiary/aromatic N) is 4. The summed E-state index contributed by atoms with van der Waals surface area (Å²) in [5.74, 6) is -1.02. The fraction of sp³-hybridized carbons (Fsp3) is 0.407. The van der Waals surface area contributed by atoms with Crippen molar-refractivity contribution in [2.45, 2.75) is 40.7 Å². The molecular weight excluding hydrogens is 509 g/mol. The maximum atomic E-state index is 14.0. The predicted molar refractivity (Wildman–Crippen MR) is 144 cm³/mol. The van der Waals surface area contributed by atoms with Crippen LogP contribution in [0.25, 0.3) is 5.00 Å². The lowest BCUT2D eigenvalue weighted by atomic mass is 9.90. The van der Waals surface area contributed by atoms with Gasteiger partial charge in [-0.05, 0) is 58.9 Å². The molecule has 202 valence electrons. The van der Waals surface area contributed by atoms with Crippen LogP contribution in [0.15, 0.2) is 36.7 Å². The summed E-state index contributed by atoms with van der Waals surface area (Å²) >= 11 is 1.36. The average Bonchev–Trinajstić information content (AvgIpc) is 3.49. The number of aromatic nitrogens is 2. The third kappa shape index (κ3) is 5.28. The number of rotatable bonds is 9. The molecule has 1 aliphatic heterocycles. The molecule has 3 aromatic rings. The van der Waals surface area contributed by atoms with Crippen molar-refractivity contribution >= 4 is 33.9 Å². The van der Waals surface area contributed by atoms with E-state index in [2.05, 4.69) is 10.4 Å². The zero-order valence-electron chi connectivity index (χ0n) is 22.4. The van der Waals surface area contributed by atoms with E-state index in [-0.39, 0.29) is 54.7 Å². The summed E-state index contributed by atoms with van der Waals surface area (Å²) in [5, 5.41) is 8.62. The van der Waals surface area contributed by atoms with Gasteiger partial charge in [-0.25, -0.2) is 9.07 Å². The van der Waals surface area contributed by atoms with Gasteiger partial charge in [-0.15, -0.1) is 0 Å². The molecule has 0 spiro atoms. The van der Waals surface area contributed by atoms with E-state index in [9.17, 15) is 18.8 Å². The Morgan fingerprint density at radius 3 is 2.61 bits per heavy atom. The van der Waals surface area contributed by atoms with Crippen LogP contribution in [0.4, 0.5) is 9.39 Å². The Hall–Kier alpha value is -3.73. The Bertz CT molecular complexity index is 1370. The van der Waals surface area contributed by atoms with Crippen molar-refractivity contribution in [2.75, 3.05) is 31.8 Å². The molecule has 0 bridgehead atoms. The molecule has 0 aliphatic carbocycles. The molecule has 0 saturated carbocycles. The maximum absolute atomic E-state index is 14.0. The van der Waals surface area contributed by atoms with Crippen LogP contribution in [0.1, 0.15) is 54.0 Å². The van der Waals surface area contributed by atoms with Crippen LogP contribution in [-0.4, -0.2) is 65.2 Å². The molecule has 9 nitrogen and oxygen atoms in total. The highest BCUT2D eigenvalue weighted by Gasteiger charge is 2.40. The number of Topliss-reactive ketones (excluding diaryl/α,β-unsaturated/α-hetero) is 1. The van der Waals surface area contributed by atoms with E-state index in [1.807, 2.05) is 20.8 Å². The molecule has 4 rings (SSSR count). The molecule has 0 saturated heterocycles.